The number of benzene rings is 1. The Kier molecular flexibility index (Phi) is 2.76. The van der Waals surface area contributed by atoms with E-state index in [1.165, 1.54) is 0 Å². The van der Waals surface area contributed by atoms with Crippen LogP contribution < -0.4 is 4.74 Å². The van der Waals surface area contributed by atoms with Gasteiger partial charge in [0.05, 0.1) is 18.3 Å². The predicted octanol–water partition coefficient (Wildman–Crippen LogP) is 3.07. The molecule has 0 radical (unpaired) electrons. The molecule has 1 aromatic carbocycles. The molecule has 0 bridgehead atoms. The van der Waals surface area contributed by atoms with Crippen LogP contribution in [0.15, 0.2) is 16.6 Å². The Morgan fingerprint density at radius 3 is 2.69 bits per heavy atom. The zero-order valence-electron chi connectivity index (χ0n) is 9.37. The molecule has 16 heavy (non-hydrogen) atoms. The first kappa shape index (κ1) is 11.2. The van der Waals surface area contributed by atoms with E-state index in [-0.39, 0.29) is 0 Å². The molecule has 1 aromatic heterocycles. The first-order valence-corrected chi connectivity index (χ1v) is 5.67. The predicted molar refractivity (Wildman–Crippen MR) is 67.3 cm³/mol. The zero-order chi connectivity index (χ0) is 11.9. The number of halogens is 1. The van der Waals surface area contributed by atoms with E-state index in [0.717, 1.165) is 33.0 Å². The summed E-state index contributed by atoms with van der Waals surface area (Å²) < 4.78 is 8.03. The highest BCUT2D eigenvalue weighted by Crippen LogP contribution is 2.33. The van der Waals surface area contributed by atoms with Gasteiger partial charge in [-0.2, -0.15) is 0 Å². The van der Waals surface area contributed by atoms with Gasteiger partial charge < -0.3 is 9.30 Å². The van der Waals surface area contributed by atoms with Gasteiger partial charge in [-0.1, -0.05) is 0 Å². The third-order valence-corrected chi connectivity index (χ3v) is 3.47. The van der Waals surface area contributed by atoms with Crippen LogP contribution in [-0.4, -0.2) is 18.0 Å². The smallest absolute Gasteiger partial charge is 0.166 e. The number of rotatable bonds is 2. The van der Waals surface area contributed by atoms with Gasteiger partial charge in [0.2, 0.25) is 0 Å². The molecule has 0 saturated heterocycles. The number of fused-ring (bicyclic) bond motifs is 1. The van der Waals surface area contributed by atoms with Gasteiger partial charge in [0.25, 0.3) is 0 Å². The molecule has 84 valence electrons. The number of nitrogens with zero attached hydrogens (tertiary/aromatic N) is 1. The highest BCUT2D eigenvalue weighted by molar-refractivity contribution is 9.10. The largest absolute Gasteiger partial charge is 0.497 e. The topological polar surface area (TPSA) is 31.2 Å². The maximum absolute atomic E-state index is 11.0. The van der Waals surface area contributed by atoms with Crippen molar-refractivity contribution in [3.8, 4) is 5.75 Å². The van der Waals surface area contributed by atoms with E-state index < -0.39 is 0 Å². The van der Waals surface area contributed by atoms with E-state index >= 15 is 0 Å². The van der Waals surface area contributed by atoms with Gasteiger partial charge >= 0.3 is 0 Å². The quantitative estimate of drug-likeness (QED) is 0.793. The summed E-state index contributed by atoms with van der Waals surface area (Å²) in [7, 11) is 3.52. The fraction of sp³-hybridized carbons (Fsp3) is 0.250. The summed E-state index contributed by atoms with van der Waals surface area (Å²) >= 11 is 3.50. The van der Waals surface area contributed by atoms with Crippen LogP contribution in [0.3, 0.4) is 0 Å². The van der Waals surface area contributed by atoms with Crippen LogP contribution in [0.2, 0.25) is 0 Å². The molecule has 2 aromatic rings. The van der Waals surface area contributed by atoms with Crippen molar-refractivity contribution in [2.75, 3.05) is 7.11 Å². The Hall–Kier alpha value is -1.29. The number of aldehydes is 1. The summed E-state index contributed by atoms with van der Waals surface area (Å²) in [6.07, 6.45) is 0.883. The minimum absolute atomic E-state index is 0.698. The molecule has 2 rings (SSSR count). The van der Waals surface area contributed by atoms with E-state index in [4.69, 9.17) is 4.74 Å². The molecule has 0 aliphatic rings. The Balaban J connectivity index is 2.93. The fourth-order valence-corrected chi connectivity index (χ4v) is 2.70. The molecule has 0 N–H and O–H groups in total. The number of carbonyl (C=O) groups excluding carboxylic acids is 1. The maximum Gasteiger partial charge on any atom is 0.166 e. The van der Waals surface area contributed by atoms with Crippen LogP contribution in [0.4, 0.5) is 0 Å². The van der Waals surface area contributed by atoms with E-state index in [9.17, 15) is 4.79 Å². The number of hydrogen-bond donors (Lipinski definition) is 0. The molecular formula is C12H12BrNO2. The molecule has 0 aliphatic carbocycles. The Morgan fingerprint density at radius 2 is 2.12 bits per heavy atom. The molecule has 0 fully saturated rings. The lowest BCUT2D eigenvalue weighted by Crippen LogP contribution is -1.95. The normalized spacial score (nSPS) is 10.8. The second-order valence-corrected chi connectivity index (χ2v) is 4.55. The summed E-state index contributed by atoms with van der Waals surface area (Å²) in [5.41, 5.74) is 2.69. The van der Waals surface area contributed by atoms with Crippen LogP contribution in [0, 0.1) is 6.92 Å². The lowest BCUT2D eigenvalue weighted by atomic mass is 10.1. The summed E-state index contributed by atoms with van der Waals surface area (Å²) in [6, 6.07) is 3.85. The van der Waals surface area contributed by atoms with E-state index in [1.807, 2.05) is 30.7 Å². The lowest BCUT2D eigenvalue weighted by molar-refractivity contribution is 0.111. The van der Waals surface area contributed by atoms with E-state index in [2.05, 4.69) is 15.9 Å². The van der Waals surface area contributed by atoms with Crippen molar-refractivity contribution in [2.24, 2.45) is 7.05 Å². The number of carbonyl (C=O) groups is 1. The van der Waals surface area contributed by atoms with Gasteiger partial charge in [0.1, 0.15) is 5.75 Å². The Labute approximate surface area is 102 Å². The maximum atomic E-state index is 11.0. The summed E-state index contributed by atoms with van der Waals surface area (Å²) in [5, 5.41) is 1.04. The van der Waals surface area contributed by atoms with Crippen molar-refractivity contribution in [3.63, 3.8) is 0 Å². The number of ether oxygens (including phenoxy) is 1. The molecule has 3 nitrogen and oxygen atoms in total. The number of aromatic nitrogens is 1. The SMILES string of the molecule is COc1cc(Br)c2c(c1)c(C)c(C=O)n2C. The van der Waals surface area contributed by atoms with Crippen LogP contribution in [0.1, 0.15) is 16.1 Å². The minimum atomic E-state index is 0.698. The van der Waals surface area contributed by atoms with Crippen molar-refractivity contribution >= 4 is 33.1 Å². The zero-order valence-corrected chi connectivity index (χ0v) is 11.0. The van der Waals surface area contributed by atoms with Crippen molar-refractivity contribution in [1.29, 1.82) is 0 Å². The van der Waals surface area contributed by atoms with Gasteiger partial charge in [-0.05, 0) is 40.5 Å². The molecule has 0 amide bonds. The Morgan fingerprint density at radius 1 is 1.44 bits per heavy atom. The molecular weight excluding hydrogens is 270 g/mol. The molecule has 0 aliphatic heterocycles. The monoisotopic (exact) mass is 281 g/mol. The number of methoxy groups -OCH3 is 1. The van der Waals surface area contributed by atoms with Crippen LogP contribution >= 0.6 is 15.9 Å². The van der Waals surface area contributed by atoms with Gasteiger partial charge in [-0.25, -0.2) is 0 Å². The van der Waals surface area contributed by atoms with Crippen molar-refractivity contribution < 1.29 is 9.53 Å². The molecule has 1 heterocycles. The van der Waals surface area contributed by atoms with Crippen LogP contribution in [-0.2, 0) is 7.05 Å². The van der Waals surface area contributed by atoms with E-state index in [0.29, 0.717) is 5.69 Å². The average Bonchev–Trinajstić information content (AvgIpc) is 2.51. The molecule has 0 saturated carbocycles. The highest BCUT2D eigenvalue weighted by Gasteiger charge is 2.14. The van der Waals surface area contributed by atoms with Gasteiger partial charge in [0, 0.05) is 16.9 Å². The van der Waals surface area contributed by atoms with Gasteiger partial charge in [-0.3, -0.25) is 4.79 Å². The lowest BCUT2D eigenvalue weighted by Gasteiger charge is -2.04. The van der Waals surface area contributed by atoms with Crippen molar-refractivity contribution in [3.05, 3.63) is 27.9 Å². The molecule has 0 unspecified atom stereocenters. The third kappa shape index (κ3) is 1.45. The van der Waals surface area contributed by atoms with E-state index in [1.54, 1.807) is 7.11 Å². The summed E-state index contributed by atoms with van der Waals surface area (Å²) in [6.45, 7) is 1.94. The molecule has 0 atom stereocenters. The van der Waals surface area contributed by atoms with Gasteiger partial charge in [0.15, 0.2) is 6.29 Å². The van der Waals surface area contributed by atoms with Crippen LogP contribution in [0.5, 0.6) is 5.75 Å². The first-order chi connectivity index (χ1) is 7.60. The standard InChI is InChI=1S/C12H12BrNO2/c1-7-9-4-8(16-3)5-10(13)12(9)14(2)11(7)6-15/h4-6H,1-3H3. The summed E-state index contributed by atoms with van der Waals surface area (Å²) in [4.78, 5) is 11.0. The van der Waals surface area contributed by atoms with Crippen molar-refractivity contribution in [2.45, 2.75) is 6.92 Å². The summed E-state index contributed by atoms with van der Waals surface area (Å²) in [5.74, 6) is 0.783. The average molecular weight is 282 g/mol. The highest BCUT2D eigenvalue weighted by atomic mass is 79.9. The first-order valence-electron chi connectivity index (χ1n) is 4.87. The Bertz CT molecular complexity index is 572. The van der Waals surface area contributed by atoms with Gasteiger partial charge in [-0.15, -0.1) is 0 Å². The number of hydrogen-bond acceptors (Lipinski definition) is 2. The molecule has 4 heteroatoms. The molecule has 0 spiro atoms. The van der Waals surface area contributed by atoms with Crippen LogP contribution in [0.25, 0.3) is 10.9 Å². The number of aryl methyl sites for hydroxylation is 2. The second-order valence-electron chi connectivity index (χ2n) is 3.69. The minimum Gasteiger partial charge on any atom is -0.497 e. The third-order valence-electron chi connectivity index (χ3n) is 2.87. The second kappa shape index (κ2) is 3.94. The fourth-order valence-electron chi connectivity index (χ4n) is 2.00. The van der Waals surface area contributed by atoms with Crippen molar-refractivity contribution in [1.82, 2.24) is 4.57 Å².